The topological polar surface area (TPSA) is 52.6 Å². The first-order valence-electron chi connectivity index (χ1n) is 12.9. The minimum absolute atomic E-state index is 0.00328. The molecule has 0 rings (SSSR count). The first kappa shape index (κ1) is 28.9. The van der Waals surface area contributed by atoms with E-state index in [1.165, 1.54) is 64.2 Å². The summed E-state index contributed by atoms with van der Waals surface area (Å²) in [5, 5.41) is 0. The van der Waals surface area contributed by atoms with Crippen LogP contribution in [0, 0.1) is 0 Å². The van der Waals surface area contributed by atoms with Crippen molar-refractivity contribution in [3.05, 3.63) is 0 Å². The summed E-state index contributed by atoms with van der Waals surface area (Å²) in [6.45, 7) is 8.41. The quantitative estimate of drug-likeness (QED) is 0.138. The van der Waals surface area contributed by atoms with Crippen LogP contribution < -0.4 is 0 Å². The second-order valence-electron chi connectivity index (χ2n) is 8.92. The fourth-order valence-corrected chi connectivity index (χ4v) is 3.65. The van der Waals surface area contributed by atoms with Crippen LogP contribution in [-0.2, 0) is 19.1 Å². The molecular weight excluding hydrogens is 376 g/mol. The minimum Gasteiger partial charge on any atom is -0.463 e. The maximum Gasteiger partial charge on any atom is 0.306 e. The molecule has 0 saturated carbocycles. The molecule has 4 heteroatoms. The van der Waals surface area contributed by atoms with Gasteiger partial charge in [-0.1, -0.05) is 78.1 Å². The summed E-state index contributed by atoms with van der Waals surface area (Å²) in [6, 6.07) is 0. The summed E-state index contributed by atoms with van der Waals surface area (Å²) in [7, 11) is 0. The van der Waals surface area contributed by atoms with Crippen LogP contribution >= 0.6 is 0 Å². The molecule has 0 amide bonds. The molecule has 0 aliphatic carbocycles. The van der Waals surface area contributed by atoms with Crippen LogP contribution in [0.1, 0.15) is 143 Å². The second kappa shape index (κ2) is 21.2. The number of unbranched alkanes of at least 4 members (excludes halogenated alkanes) is 11. The van der Waals surface area contributed by atoms with E-state index in [0.717, 1.165) is 25.7 Å². The van der Waals surface area contributed by atoms with Crippen molar-refractivity contribution in [1.29, 1.82) is 0 Å². The van der Waals surface area contributed by atoms with Gasteiger partial charge in [-0.25, -0.2) is 0 Å². The van der Waals surface area contributed by atoms with E-state index in [9.17, 15) is 9.59 Å². The van der Waals surface area contributed by atoms with Crippen molar-refractivity contribution in [2.45, 2.75) is 155 Å². The van der Waals surface area contributed by atoms with Crippen molar-refractivity contribution in [2.24, 2.45) is 0 Å². The maximum absolute atomic E-state index is 11.9. The summed E-state index contributed by atoms with van der Waals surface area (Å²) in [6.07, 6.45) is 19.1. The van der Waals surface area contributed by atoms with Crippen molar-refractivity contribution in [2.75, 3.05) is 0 Å². The fraction of sp³-hybridized carbons (Fsp3) is 0.923. The molecule has 30 heavy (non-hydrogen) atoms. The summed E-state index contributed by atoms with van der Waals surface area (Å²) in [5.74, 6) is -0.281. The second-order valence-corrected chi connectivity index (χ2v) is 8.92. The van der Waals surface area contributed by atoms with Crippen molar-refractivity contribution in [1.82, 2.24) is 0 Å². The Balaban J connectivity index is 3.59. The lowest BCUT2D eigenvalue weighted by atomic mass is 10.1. The molecule has 0 saturated heterocycles. The summed E-state index contributed by atoms with van der Waals surface area (Å²) in [5.41, 5.74) is 0. The molecule has 0 fully saturated rings. The lowest BCUT2D eigenvalue weighted by molar-refractivity contribution is -0.151. The average Bonchev–Trinajstić information content (AvgIpc) is 2.70. The normalized spacial score (nSPS) is 13.1. The molecule has 0 aromatic carbocycles. The highest BCUT2D eigenvalue weighted by molar-refractivity contribution is 5.70. The Morgan fingerprint density at radius 2 is 0.867 bits per heavy atom. The zero-order chi connectivity index (χ0) is 22.5. The molecule has 0 heterocycles. The highest BCUT2D eigenvalue weighted by Gasteiger charge is 2.12. The average molecular weight is 427 g/mol. The van der Waals surface area contributed by atoms with E-state index >= 15 is 0 Å². The van der Waals surface area contributed by atoms with Crippen LogP contribution in [-0.4, -0.2) is 24.1 Å². The van der Waals surface area contributed by atoms with Crippen LogP contribution in [0.5, 0.6) is 0 Å². The Morgan fingerprint density at radius 3 is 1.23 bits per heavy atom. The first-order valence-corrected chi connectivity index (χ1v) is 12.9. The largest absolute Gasteiger partial charge is 0.463 e. The van der Waals surface area contributed by atoms with E-state index in [4.69, 9.17) is 9.47 Å². The lowest BCUT2D eigenvalue weighted by Gasteiger charge is -2.14. The Kier molecular flexibility index (Phi) is 20.4. The third-order valence-electron chi connectivity index (χ3n) is 5.61. The van der Waals surface area contributed by atoms with Gasteiger partial charge in [-0.05, 0) is 52.4 Å². The smallest absolute Gasteiger partial charge is 0.306 e. The van der Waals surface area contributed by atoms with Gasteiger partial charge in [0.1, 0.15) is 0 Å². The van der Waals surface area contributed by atoms with E-state index in [0.29, 0.717) is 25.7 Å². The van der Waals surface area contributed by atoms with Crippen molar-refractivity contribution in [3.8, 4) is 0 Å². The Hall–Kier alpha value is -1.06. The van der Waals surface area contributed by atoms with Crippen LogP contribution in [0.15, 0.2) is 0 Å². The Bertz CT molecular complexity index is 370. The summed E-state index contributed by atoms with van der Waals surface area (Å²) < 4.78 is 10.9. The van der Waals surface area contributed by atoms with Gasteiger partial charge in [0.05, 0.1) is 12.2 Å². The highest BCUT2D eigenvalue weighted by atomic mass is 16.5. The zero-order valence-electron chi connectivity index (χ0n) is 20.5. The van der Waals surface area contributed by atoms with Gasteiger partial charge in [-0.2, -0.15) is 0 Å². The highest BCUT2D eigenvalue weighted by Crippen LogP contribution is 2.13. The van der Waals surface area contributed by atoms with Gasteiger partial charge in [0, 0.05) is 12.8 Å². The monoisotopic (exact) mass is 426 g/mol. The summed E-state index contributed by atoms with van der Waals surface area (Å²) in [4.78, 5) is 23.8. The van der Waals surface area contributed by atoms with Crippen molar-refractivity contribution < 1.29 is 19.1 Å². The van der Waals surface area contributed by atoms with Crippen LogP contribution in [0.3, 0.4) is 0 Å². The molecule has 0 aliphatic rings. The minimum atomic E-state index is -0.140. The molecule has 2 atom stereocenters. The van der Waals surface area contributed by atoms with E-state index in [1.54, 1.807) is 0 Å². The molecule has 4 nitrogen and oxygen atoms in total. The van der Waals surface area contributed by atoms with Crippen LogP contribution in [0.25, 0.3) is 0 Å². The number of rotatable bonds is 21. The number of hydrogen-bond donors (Lipinski definition) is 0. The molecule has 0 aromatic rings. The third kappa shape index (κ3) is 20.2. The lowest BCUT2D eigenvalue weighted by Crippen LogP contribution is -2.16. The zero-order valence-corrected chi connectivity index (χ0v) is 20.5. The van der Waals surface area contributed by atoms with Crippen LogP contribution in [0.2, 0.25) is 0 Å². The fourth-order valence-electron chi connectivity index (χ4n) is 3.65. The molecule has 0 bridgehead atoms. The van der Waals surface area contributed by atoms with Gasteiger partial charge >= 0.3 is 11.9 Å². The molecular formula is C26H50O4. The van der Waals surface area contributed by atoms with Gasteiger partial charge in [0.25, 0.3) is 0 Å². The first-order chi connectivity index (χ1) is 14.5. The molecule has 178 valence electrons. The maximum atomic E-state index is 11.9. The molecule has 0 spiro atoms. The van der Waals surface area contributed by atoms with Gasteiger partial charge < -0.3 is 9.47 Å². The number of carbonyl (C=O) groups is 2. The van der Waals surface area contributed by atoms with Gasteiger partial charge in [-0.15, -0.1) is 0 Å². The number of carbonyl (C=O) groups excluding carboxylic acids is 2. The van der Waals surface area contributed by atoms with Crippen molar-refractivity contribution >= 4 is 11.9 Å². The van der Waals surface area contributed by atoms with E-state index in [1.807, 2.05) is 13.8 Å². The van der Waals surface area contributed by atoms with E-state index in [-0.39, 0.29) is 24.1 Å². The van der Waals surface area contributed by atoms with Crippen molar-refractivity contribution in [3.63, 3.8) is 0 Å². The Morgan fingerprint density at radius 1 is 0.533 bits per heavy atom. The van der Waals surface area contributed by atoms with Crippen LogP contribution in [0.4, 0.5) is 0 Å². The van der Waals surface area contributed by atoms with Gasteiger partial charge in [-0.3, -0.25) is 9.59 Å². The number of ether oxygens (including phenoxy) is 2. The molecule has 0 radical (unpaired) electrons. The predicted octanol–water partition coefficient (Wildman–Crippen LogP) is 7.91. The van der Waals surface area contributed by atoms with E-state index in [2.05, 4.69) is 13.8 Å². The molecule has 0 N–H and O–H groups in total. The number of esters is 2. The SMILES string of the molecule is CCCCCCCCC(C)OC(=O)CCCCC(=O)OC(C)CCCCCCCC. The van der Waals surface area contributed by atoms with E-state index < -0.39 is 0 Å². The van der Waals surface area contributed by atoms with Gasteiger partial charge in [0.15, 0.2) is 0 Å². The van der Waals surface area contributed by atoms with Gasteiger partial charge in [0.2, 0.25) is 0 Å². The predicted molar refractivity (Wildman–Crippen MR) is 126 cm³/mol. The molecule has 0 aromatic heterocycles. The number of hydrogen-bond acceptors (Lipinski definition) is 4. The Labute approximate surface area is 186 Å². The summed E-state index contributed by atoms with van der Waals surface area (Å²) >= 11 is 0. The molecule has 2 unspecified atom stereocenters. The molecule has 0 aliphatic heterocycles. The third-order valence-corrected chi connectivity index (χ3v) is 5.61. The standard InChI is InChI=1S/C26H50O4/c1-5-7-9-11-13-15-19-23(3)29-25(27)21-17-18-22-26(28)30-24(4)20-16-14-12-10-8-6-2/h23-24H,5-22H2,1-4H3.